The zero-order chi connectivity index (χ0) is 20.3. The fourth-order valence-electron chi connectivity index (χ4n) is 4.26. The van der Waals surface area contributed by atoms with Gasteiger partial charge in [-0.05, 0) is 67.2 Å². The number of nitrogens with zero attached hydrogens (tertiary/aromatic N) is 3. The van der Waals surface area contributed by atoms with E-state index in [0.717, 1.165) is 54.9 Å². The second-order valence-electron chi connectivity index (χ2n) is 7.85. The van der Waals surface area contributed by atoms with Gasteiger partial charge in [0.2, 0.25) is 5.91 Å². The quantitative estimate of drug-likeness (QED) is 0.524. The molecule has 1 aliphatic heterocycles. The summed E-state index contributed by atoms with van der Waals surface area (Å²) in [6.07, 6.45) is 6.75. The second kappa shape index (κ2) is 8.16. The number of piperidine rings is 1. The largest absolute Gasteiger partial charge is 0.357 e. The Morgan fingerprint density at radius 3 is 2.77 bits per heavy atom. The monoisotopic (exact) mass is 399 g/mol. The highest BCUT2D eigenvalue weighted by Gasteiger charge is 2.29. The van der Waals surface area contributed by atoms with Crippen LogP contribution in [0.1, 0.15) is 25.0 Å². The van der Waals surface area contributed by atoms with Crippen molar-refractivity contribution in [1.82, 2.24) is 19.7 Å². The van der Waals surface area contributed by atoms with Gasteiger partial charge in [-0.25, -0.2) is 4.68 Å². The minimum atomic E-state index is -0.115. The maximum atomic E-state index is 13.1. The molecule has 4 aromatic rings. The molecule has 0 unspecified atom stereocenters. The number of amides is 1. The van der Waals surface area contributed by atoms with Crippen LogP contribution >= 0.6 is 0 Å². The summed E-state index contributed by atoms with van der Waals surface area (Å²) in [5.74, 6) is 0.0673. The Morgan fingerprint density at radius 2 is 1.97 bits per heavy atom. The Bertz CT molecular complexity index is 1100. The van der Waals surface area contributed by atoms with E-state index < -0.39 is 0 Å². The average Bonchev–Trinajstić information content (AvgIpc) is 3.44. The summed E-state index contributed by atoms with van der Waals surface area (Å²) in [4.78, 5) is 18.9. The highest BCUT2D eigenvalue weighted by Crippen LogP contribution is 2.23. The molecule has 30 heavy (non-hydrogen) atoms. The number of fused-ring (bicyclic) bond motifs is 1. The predicted octanol–water partition coefficient (Wildman–Crippen LogP) is 4.35. The highest BCUT2D eigenvalue weighted by atomic mass is 16.2. The maximum Gasteiger partial charge on any atom is 0.241 e. The molecule has 1 saturated heterocycles. The molecule has 5 rings (SSSR count). The first kappa shape index (κ1) is 18.6. The van der Waals surface area contributed by atoms with E-state index in [1.807, 2.05) is 42.6 Å². The number of para-hydroxylation sites is 1. The molecule has 6 nitrogen and oxygen atoms in total. The van der Waals surface area contributed by atoms with Crippen LogP contribution in [0.3, 0.4) is 0 Å². The van der Waals surface area contributed by atoms with E-state index in [0.29, 0.717) is 0 Å². The molecule has 0 aliphatic carbocycles. The van der Waals surface area contributed by atoms with Crippen molar-refractivity contribution in [3.8, 4) is 5.69 Å². The fraction of sp³-hybridized carbons (Fsp3) is 0.250. The number of carbonyl (C=O) groups is 1. The molecule has 1 aliphatic rings. The summed E-state index contributed by atoms with van der Waals surface area (Å²) >= 11 is 0. The molecule has 152 valence electrons. The number of rotatable bonds is 5. The summed E-state index contributed by atoms with van der Waals surface area (Å²) in [5, 5.41) is 8.55. The van der Waals surface area contributed by atoms with Gasteiger partial charge in [-0.3, -0.25) is 9.69 Å². The molecule has 1 atom stereocenters. The van der Waals surface area contributed by atoms with E-state index in [4.69, 9.17) is 0 Å². The summed E-state index contributed by atoms with van der Waals surface area (Å²) in [6, 6.07) is 20.0. The summed E-state index contributed by atoms with van der Waals surface area (Å²) in [7, 11) is 0. The van der Waals surface area contributed by atoms with Crippen molar-refractivity contribution < 1.29 is 4.79 Å². The number of nitrogens with one attached hydrogen (secondary N) is 2. The third kappa shape index (κ3) is 3.86. The highest BCUT2D eigenvalue weighted by molar-refractivity contribution is 5.95. The van der Waals surface area contributed by atoms with Gasteiger partial charge in [0.15, 0.2) is 0 Å². The number of hydrogen-bond acceptors (Lipinski definition) is 3. The maximum absolute atomic E-state index is 13.1. The van der Waals surface area contributed by atoms with Crippen molar-refractivity contribution in [1.29, 1.82) is 0 Å². The summed E-state index contributed by atoms with van der Waals surface area (Å²) in [6.45, 7) is 1.69. The van der Waals surface area contributed by atoms with Crippen LogP contribution in [0.25, 0.3) is 16.6 Å². The standard InChI is InChI=1S/C24H25N5O/c30-24(27-19-9-11-21(12-10-19)29-15-5-13-25-29)23-8-3-4-14-28(23)17-20-16-18-6-1-2-7-22(18)26-20/h1-2,5-7,9-13,15-16,23,26H,3-4,8,14,17H2,(H,27,30)/t23-/m0/s1. The van der Waals surface area contributed by atoms with Gasteiger partial charge in [-0.2, -0.15) is 5.10 Å². The van der Waals surface area contributed by atoms with Gasteiger partial charge in [0.25, 0.3) is 0 Å². The first-order valence-corrected chi connectivity index (χ1v) is 10.5. The van der Waals surface area contributed by atoms with E-state index in [9.17, 15) is 4.79 Å². The molecule has 1 amide bonds. The normalized spacial score (nSPS) is 17.3. The van der Waals surface area contributed by atoms with Crippen molar-refractivity contribution in [3.05, 3.63) is 78.8 Å². The first-order chi connectivity index (χ1) is 14.8. The smallest absolute Gasteiger partial charge is 0.241 e. The topological polar surface area (TPSA) is 66.0 Å². The lowest BCUT2D eigenvalue weighted by Gasteiger charge is -2.34. The van der Waals surface area contributed by atoms with E-state index in [1.54, 1.807) is 10.9 Å². The first-order valence-electron chi connectivity index (χ1n) is 10.5. The van der Waals surface area contributed by atoms with Crippen LogP contribution in [-0.4, -0.2) is 38.2 Å². The van der Waals surface area contributed by atoms with Crippen LogP contribution in [0.4, 0.5) is 5.69 Å². The molecule has 0 spiro atoms. The third-order valence-electron chi connectivity index (χ3n) is 5.78. The molecule has 2 N–H and O–H groups in total. The van der Waals surface area contributed by atoms with Crippen molar-refractivity contribution in [2.75, 3.05) is 11.9 Å². The van der Waals surface area contributed by atoms with Gasteiger partial charge in [-0.1, -0.05) is 24.6 Å². The lowest BCUT2D eigenvalue weighted by Crippen LogP contribution is -2.46. The molecular formula is C24H25N5O. The number of H-pyrrole nitrogens is 1. The van der Waals surface area contributed by atoms with Crippen molar-refractivity contribution in [3.63, 3.8) is 0 Å². The zero-order valence-corrected chi connectivity index (χ0v) is 16.8. The van der Waals surface area contributed by atoms with Crippen LogP contribution in [-0.2, 0) is 11.3 Å². The molecule has 2 aromatic carbocycles. The number of benzene rings is 2. The zero-order valence-electron chi connectivity index (χ0n) is 16.8. The van der Waals surface area contributed by atoms with Crippen molar-refractivity contribution >= 4 is 22.5 Å². The molecule has 1 fully saturated rings. The van der Waals surface area contributed by atoms with E-state index in [2.05, 4.69) is 44.6 Å². The molecule has 0 bridgehead atoms. The number of anilines is 1. The number of aromatic nitrogens is 3. The number of carbonyl (C=O) groups excluding carboxylic acids is 1. The molecule has 2 aromatic heterocycles. The second-order valence-corrected chi connectivity index (χ2v) is 7.85. The number of aromatic amines is 1. The van der Waals surface area contributed by atoms with Crippen molar-refractivity contribution in [2.24, 2.45) is 0 Å². The fourth-order valence-corrected chi connectivity index (χ4v) is 4.26. The molecule has 0 radical (unpaired) electrons. The van der Waals surface area contributed by atoms with Crippen molar-refractivity contribution in [2.45, 2.75) is 31.8 Å². The predicted molar refractivity (Wildman–Crippen MR) is 119 cm³/mol. The Labute approximate surface area is 175 Å². The van der Waals surface area contributed by atoms with Gasteiger partial charge in [-0.15, -0.1) is 0 Å². The molecule has 0 saturated carbocycles. The van der Waals surface area contributed by atoms with Crippen LogP contribution in [0.2, 0.25) is 0 Å². The van der Waals surface area contributed by atoms with Crippen LogP contribution in [0.15, 0.2) is 73.1 Å². The Morgan fingerprint density at radius 1 is 1.10 bits per heavy atom. The van der Waals surface area contributed by atoms with Crippen LogP contribution < -0.4 is 5.32 Å². The van der Waals surface area contributed by atoms with Gasteiger partial charge in [0.1, 0.15) is 0 Å². The third-order valence-corrected chi connectivity index (χ3v) is 5.78. The molecule has 3 heterocycles. The van der Waals surface area contributed by atoms with E-state index >= 15 is 0 Å². The lowest BCUT2D eigenvalue weighted by molar-refractivity contribution is -0.122. The van der Waals surface area contributed by atoms with E-state index in [-0.39, 0.29) is 11.9 Å². The molecular weight excluding hydrogens is 374 g/mol. The number of hydrogen-bond donors (Lipinski definition) is 2. The van der Waals surface area contributed by atoms with Gasteiger partial charge >= 0.3 is 0 Å². The van der Waals surface area contributed by atoms with E-state index in [1.165, 1.54) is 5.39 Å². The van der Waals surface area contributed by atoms with Gasteiger partial charge < -0.3 is 10.3 Å². The average molecular weight is 399 g/mol. The number of likely N-dealkylation sites (tertiary alicyclic amines) is 1. The minimum absolute atomic E-state index is 0.0673. The van der Waals surface area contributed by atoms with Crippen LogP contribution in [0, 0.1) is 0 Å². The summed E-state index contributed by atoms with van der Waals surface area (Å²) in [5.41, 5.74) is 4.07. The van der Waals surface area contributed by atoms with Gasteiger partial charge in [0.05, 0.1) is 11.7 Å². The Balaban J connectivity index is 1.28. The summed E-state index contributed by atoms with van der Waals surface area (Å²) < 4.78 is 1.80. The SMILES string of the molecule is O=C(Nc1ccc(-n2cccn2)cc1)[C@@H]1CCCCN1Cc1cc2ccccc2[nH]1. The lowest BCUT2D eigenvalue weighted by atomic mass is 10.0. The molecule has 6 heteroatoms. The minimum Gasteiger partial charge on any atom is -0.357 e. The Kier molecular flexibility index (Phi) is 5.07. The van der Waals surface area contributed by atoms with Gasteiger partial charge in [0, 0.05) is 35.8 Å². The Hall–Kier alpha value is -3.38. The van der Waals surface area contributed by atoms with Crippen LogP contribution in [0.5, 0.6) is 0 Å².